The largest absolute Gasteiger partial charge is 0.299 e. The predicted octanol–water partition coefficient (Wildman–Crippen LogP) is 2.66. The number of hydrogen-bond acceptors (Lipinski definition) is 2. The standard InChI is InChI=1S/C11H19O2/c1-3-5-7-10(9-12)11(13)8-6-4-2/h10H,3-8H2,1-2H3. The first kappa shape index (κ1) is 12.3. The van der Waals surface area contributed by atoms with Crippen LogP contribution in [0.5, 0.6) is 0 Å². The first-order chi connectivity index (χ1) is 6.26. The summed E-state index contributed by atoms with van der Waals surface area (Å²) in [4.78, 5) is 21.8. The van der Waals surface area contributed by atoms with Gasteiger partial charge < -0.3 is 0 Å². The number of rotatable bonds is 8. The number of unbranched alkanes of at least 4 members (excludes halogenated alkanes) is 2. The van der Waals surface area contributed by atoms with Crippen molar-refractivity contribution in [2.24, 2.45) is 5.92 Å². The molecule has 75 valence electrons. The van der Waals surface area contributed by atoms with E-state index in [1.165, 1.54) is 0 Å². The second-order valence-electron chi connectivity index (χ2n) is 3.38. The molecule has 0 amide bonds. The highest BCUT2D eigenvalue weighted by Crippen LogP contribution is 2.11. The Labute approximate surface area is 80.7 Å². The lowest BCUT2D eigenvalue weighted by Gasteiger charge is -2.06. The van der Waals surface area contributed by atoms with E-state index in [4.69, 9.17) is 0 Å². The van der Waals surface area contributed by atoms with Gasteiger partial charge in [-0.2, -0.15) is 0 Å². The van der Waals surface area contributed by atoms with Crippen molar-refractivity contribution in [2.75, 3.05) is 0 Å². The zero-order chi connectivity index (χ0) is 10.1. The molecule has 0 saturated carbocycles. The Hall–Kier alpha value is -0.660. The van der Waals surface area contributed by atoms with E-state index in [-0.39, 0.29) is 5.78 Å². The Morgan fingerprint density at radius 2 is 1.85 bits per heavy atom. The number of ketones is 1. The summed E-state index contributed by atoms with van der Waals surface area (Å²) in [7, 11) is 0. The molecule has 1 radical (unpaired) electrons. The van der Waals surface area contributed by atoms with Crippen molar-refractivity contribution in [3.63, 3.8) is 0 Å². The van der Waals surface area contributed by atoms with Crippen LogP contribution in [-0.2, 0) is 9.59 Å². The van der Waals surface area contributed by atoms with Crippen LogP contribution in [-0.4, -0.2) is 12.1 Å². The van der Waals surface area contributed by atoms with Crippen LogP contribution in [0.25, 0.3) is 0 Å². The van der Waals surface area contributed by atoms with Crippen LogP contribution in [0.1, 0.15) is 52.4 Å². The van der Waals surface area contributed by atoms with E-state index in [0.717, 1.165) is 25.7 Å². The van der Waals surface area contributed by atoms with Gasteiger partial charge in [-0.15, -0.1) is 0 Å². The highest BCUT2D eigenvalue weighted by Gasteiger charge is 2.16. The van der Waals surface area contributed by atoms with E-state index >= 15 is 0 Å². The molecule has 0 aliphatic carbocycles. The summed E-state index contributed by atoms with van der Waals surface area (Å²) < 4.78 is 0. The molecular weight excluding hydrogens is 164 g/mol. The summed E-state index contributed by atoms with van der Waals surface area (Å²) in [6.07, 6.45) is 6.94. The molecule has 0 N–H and O–H groups in total. The van der Waals surface area contributed by atoms with Crippen molar-refractivity contribution in [3.8, 4) is 0 Å². The molecule has 2 nitrogen and oxygen atoms in total. The van der Waals surface area contributed by atoms with Gasteiger partial charge in [0, 0.05) is 6.42 Å². The van der Waals surface area contributed by atoms with Crippen molar-refractivity contribution in [1.29, 1.82) is 0 Å². The second-order valence-corrected chi connectivity index (χ2v) is 3.38. The average molecular weight is 183 g/mol. The minimum absolute atomic E-state index is 0.0744. The van der Waals surface area contributed by atoms with E-state index in [2.05, 4.69) is 6.92 Å². The van der Waals surface area contributed by atoms with Crippen LogP contribution in [0.2, 0.25) is 0 Å². The van der Waals surface area contributed by atoms with E-state index in [1.54, 1.807) is 0 Å². The Balaban J connectivity index is 3.77. The molecular formula is C11H19O2. The highest BCUT2D eigenvalue weighted by molar-refractivity contribution is 5.93. The van der Waals surface area contributed by atoms with Crippen LogP contribution >= 0.6 is 0 Å². The maximum atomic E-state index is 11.4. The van der Waals surface area contributed by atoms with E-state index in [0.29, 0.717) is 12.8 Å². The van der Waals surface area contributed by atoms with E-state index in [1.807, 2.05) is 13.2 Å². The first-order valence-electron chi connectivity index (χ1n) is 5.16. The Morgan fingerprint density at radius 1 is 1.23 bits per heavy atom. The van der Waals surface area contributed by atoms with Gasteiger partial charge in [-0.1, -0.05) is 33.1 Å². The van der Waals surface area contributed by atoms with Gasteiger partial charge in [0.15, 0.2) is 0 Å². The fraction of sp³-hybridized carbons (Fsp3) is 0.818. The highest BCUT2D eigenvalue weighted by atomic mass is 16.1. The number of carbonyl (C=O) groups excluding carboxylic acids is 2. The number of carbonyl (C=O) groups is 1. The molecule has 0 fully saturated rings. The van der Waals surface area contributed by atoms with Gasteiger partial charge in [0.1, 0.15) is 5.78 Å². The topological polar surface area (TPSA) is 34.1 Å². The van der Waals surface area contributed by atoms with Crippen LogP contribution < -0.4 is 0 Å². The third kappa shape index (κ3) is 5.56. The number of hydrogen-bond donors (Lipinski definition) is 0. The van der Waals surface area contributed by atoms with Crippen molar-refractivity contribution < 1.29 is 9.59 Å². The fourth-order valence-corrected chi connectivity index (χ4v) is 1.22. The molecule has 0 rings (SSSR count). The molecule has 0 aromatic heterocycles. The van der Waals surface area contributed by atoms with Crippen molar-refractivity contribution in [2.45, 2.75) is 52.4 Å². The normalized spacial score (nSPS) is 12.5. The molecule has 0 saturated heterocycles. The smallest absolute Gasteiger partial charge is 0.209 e. The Bertz CT molecular complexity index is 152. The maximum absolute atomic E-state index is 11.4. The summed E-state index contributed by atoms with van der Waals surface area (Å²) in [5.41, 5.74) is 0. The Kier molecular flexibility index (Phi) is 7.56. The first-order valence-corrected chi connectivity index (χ1v) is 5.16. The average Bonchev–Trinajstić information content (AvgIpc) is 2.16. The van der Waals surface area contributed by atoms with Crippen molar-refractivity contribution >= 4 is 12.1 Å². The quantitative estimate of drug-likeness (QED) is 0.542. The molecule has 1 atom stereocenters. The van der Waals surface area contributed by atoms with Crippen molar-refractivity contribution in [1.82, 2.24) is 0 Å². The zero-order valence-electron chi connectivity index (χ0n) is 8.64. The lowest BCUT2D eigenvalue weighted by atomic mass is 9.96. The molecule has 13 heavy (non-hydrogen) atoms. The minimum Gasteiger partial charge on any atom is -0.299 e. The molecule has 0 heterocycles. The molecule has 0 aliphatic rings. The summed E-state index contributed by atoms with van der Waals surface area (Å²) in [6.45, 7) is 4.09. The second kappa shape index (κ2) is 7.96. The van der Waals surface area contributed by atoms with Crippen LogP contribution in [0.3, 0.4) is 0 Å². The van der Waals surface area contributed by atoms with Crippen LogP contribution in [0.15, 0.2) is 0 Å². The maximum Gasteiger partial charge on any atom is 0.209 e. The fourth-order valence-electron chi connectivity index (χ4n) is 1.22. The van der Waals surface area contributed by atoms with Gasteiger partial charge in [-0.05, 0) is 12.8 Å². The molecule has 0 bridgehead atoms. The van der Waals surface area contributed by atoms with E-state index in [9.17, 15) is 9.59 Å². The van der Waals surface area contributed by atoms with Gasteiger partial charge in [0.05, 0.1) is 5.92 Å². The molecule has 2 heteroatoms. The zero-order valence-corrected chi connectivity index (χ0v) is 8.64. The molecule has 0 aromatic rings. The molecule has 0 aromatic carbocycles. The molecule has 0 aliphatic heterocycles. The Morgan fingerprint density at radius 3 is 2.31 bits per heavy atom. The predicted molar refractivity (Wildman–Crippen MR) is 53.2 cm³/mol. The third-order valence-corrected chi connectivity index (χ3v) is 2.15. The van der Waals surface area contributed by atoms with E-state index < -0.39 is 5.92 Å². The van der Waals surface area contributed by atoms with Gasteiger partial charge in [0.25, 0.3) is 0 Å². The van der Waals surface area contributed by atoms with Crippen molar-refractivity contribution in [3.05, 3.63) is 0 Å². The summed E-state index contributed by atoms with van der Waals surface area (Å²) in [6, 6.07) is 0. The summed E-state index contributed by atoms with van der Waals surface area (Å²) in [5, 5.41) is 0. The van der Waals surface area contributed by atoms with Gasteiger partial charge in [-0.3, -0.25) is 9.59 Å². The summed E-state index contributed by atoms with van der Waals surface area (Å²) >= 11 is 0. The molecule has 1 unspecified atom stereocenters. The van der Waals surface area contributed by atoms with Gasteiger partial charge in [-0.25, -0.2) is 0 Å². The minimum atomic E-state index is -0.452. The SMILES string of the molecule is CCCCC(=O)C([C]=O)CCCC. The lowest BCUT2D eigenvalue weighted by Crippen LogP contribution is -2.15. The summed E-state index contributed by atoms with van der Waals surface area (Å²) in [5.74, 6) is -0.378. The number of Topliss-reactive ketones (excluding diaryl/α,β-unsaturated/α-hetero) is 1. The monoisotopic (exact) mass is 183 g/mol. The van der Waals surface area contributed by atoms with Crippen LogP contribution in [0.4, 0.5) is 0 Å². The van der Waals surface area contributed by atoms with Gasteiger partial charge >= 0.3 is 0 Å². The van der Waals surface area contributed by atoms with Gasteiger partial charge in [0.2, 0.25) is 6.29 Å². The molecule has 0 spiro atoms. The lowest BCUT2D eigenvalue weighted by molar-refractivity contribution is -0.121. The third-order valence-electron chi connectivity index (χ3n) is 2.15. The van der Waals surface area contributed by atoms with Crippen LogP contribution in [0, 0.1) is 5.92 Å².